The number of hydrogen-bond acceptors (Lipinski definition) is 3. The Hall–Kier alpha value is -2.63. The number of carbonyl (C=O) groups excluding carboxylic acids is 1. The summed E-state index contributed by atoms with van der Waals surface area (Å²) in [6, 6.07) is 15.3. The Morgan fingerprint density at radius 1 is 1.15 bits per heavy atom. The molecule has 7 heteroatoms. The van der Waals surface area contributed by atoms with E-state index >= 15 is 0 Å². The van der Waals surface area contributed by atoms with Crippen LogP contribution in [0.25, 0.3) is 6.08 Å². The number of benzene rings is 2. The van der Waals surface area contributed by atoms with Crippen molar-refractivity contribution in [1.82, 2.24) is 19.9 Å². The van der Waals surface area contributed by atoms with Crippen molar-refractivity contribution in [2.45, 2.75) is 13.1 Å². The average molecular weight is 401 g/mol. The van der Waals surface area contributed by atoms with E-state index < -0.39 is 0 Å². The highest BCUT2D eigenvalue weighted by atomic mass is 35.5. The zero-order valence-electron chi connectivity index (χ0n) is 14.7. The molecule has 2 aromatic carbocycles. The fourth-order valence-corrected chi connectivity index (χ4v) is 2.91. The Balaban J connectivity index is 1.60. The molecule has 1 aromatic heterocycles. The van der Waals surface area contributed by atoms with Gasteiger partial charge < -0.3 is 4.90 Å². The van der Waals surface area contributed by atoms with Crippen LogP contribution in [0.1, 0.15) is 16.8 Å². The topological polar surface area (TPSA) is 51.0 Å². The molecule has 0 aliphatic heterocycles. The third kappa shape index (κ3) is 5.18. The minimum atomic E-state index is -0.163. The minimum absolute atomic E-state index is 0.163. The molecule has 5 nitrogen and oxygen atoms in total. The van der Waals surface area contributed by atoms with Gasteiger partial charge >= 0.3 is 0 Å². The summed E-state index contributed by atoms with van der Waals surface area (Å²) in [5, 5.41) is 9.09. The number of aromatic nitrogens is 3. The van der Waals surface area contributed by atoms with Crippen molar-refractivity contribution in [3.05, 3.63) is 87.7 Å². The van der Waals surface area contributed by atoms with E-state index in [0.29, 0.717) is 28.8 Å². The van der Waals surface area contributed by atoms with Gasteiger partial charge in [-0.15, -0.1) is 5.10 Å². The second-order valence-corrected chi connectivity index (χ2v) is 6.85. The fraction of sp³-hybridized carbons (Fsp3) is 0.150. The second-order valence-electron chi connectivity index (χ2n) is 6.07. The van der Waals surface area contributed by atoms with Gasteiger partial charge in [0.25, 0.3) is 0 Å². The summed E-state index contributed by atoms with van der Waals surface area (Å²) in [4.78, 5) is 13.9. The van der Waals surface area contributed by atoms with E-state index in [0.717, 1.165) is 11.1 Å². The number of carbonyl (C=O) groups is 1. The number of halogens is 2. The summed E-state index contributed by atoms with van der Waals surface area (Å²) >= 11 is 12.2. The summed E-state index contributed by atoms with van der Waals surface area (Å²) in [7, 11) is 1.70. The first kappa shape index (κ1) is 19.1. The maximum absolute atomic E-state index is 12.3. The van der Waals surface area contributed by atoms with E-state index in [4.69, 9.17) is 23.2 Å². The Morgan fingerprint density at radius 3 is 2.70 bits per heavy atom. The molecule has 3 aromatic rings. The SMILES string of the molecule is CN(Cc1cccc(Cl)c1Cl)C(=O)C=Cc1cn(Cc2ccccc2)nn1. The Bertz CT molecular complexity index is 954. The largest absolute Gasteiger partial charge is 0.338 e. The molecule has 0 N–H and O–H groups in total. The molecule has 0 unspecified atom stereocenters. The maximum atomic E-state index is 12.3. The zero-order chi connectivity index (χ0) is 19.2. The van der Waals surface area contributed by atoms with Crippen LogP contribution in [0, 0.1) is 0 Å². The van der Waals surface area contributed by atoms with E-state index in [2.05, 4.69) is 10.3 Å². The number of nitrogens with zero attached hydrogens (tertiary/aromatic N) is 4. The molecule has 0 fully saturated rings. The van der Waals surface area contributed by atoms with Crippen LogP contribution < -0.4 is 0 Å². The van der Waals surface area contributed by atoms with Gasteiger partial charge in [-0.05, 0) is 23.3 Å². The quantitative estimate of drug-likeness (QED) is 0.579. The molecule has 0 aliphatic carbocycles. The minimum Gasteiger partial charge on any atom is -0.338 e. The first-order valence-corrected chi connectivity index (χ1v) is 9.08. The normalized spacial score (nSPS) is 11.1. The van der Waals surface area contributed by atoms with Gasteiger partial charge in [0.1, 0.15) is 5.69 Å². The Morgan fingerprint density at radius 2 is 1.93 bits per heavy atom. The van der Waals surface area contributed by atoms with Crippen molar-refractivity contribution in [3.8, 4) is 0 Å². The van der Waals surface area contributed by atoms with Gasteiger partial charge in [0.2, 0.25) is 5.91 Å². The number of rotatable bonds is 6. The first-order chi connectivity index (χ1) is 13.0. The predicted octanol–water partition coefficient (Wildman–Crippen LogP) is 4.31. The highest BCUT2D eigenvalue weighted by Gasteiger charge is 2.10. The first-order valence-electron chi connectivity index (χ1n) is 8.33. The number of amides is 1. The number of hydrogen-bond donors (Lipinski definition) is 0. The van der Waals surface area contributed by atoms with Crippen LogP contribution in [0.5, 0.6) is 0 Å². The standard InChI is InChI=1S/C20H18Cl2N4O/c1-25(13-16-8-5-9-18(21)20(16)22)19(27)11-10-17-14-26(24-23-17)12-15-6-3-2-4-7-15/h2-11,14H,12-13H2,1H3. The smallest absolute Gasteiger partial charge is 0.246 e. The fourth-order valence-electron chi connectivity index (χ4n) is 2.53. The van der Waals surface area contributed by atoms with Gasteiger partial charge in [0, 0.05) is 19.7 Å². The van der Waals surface area contributed by atoms with Crippen molar-refractivity contribution in [2.24, 2.45) is 0 Å². The van der Waals surface area contributed by atoms with Crippen LogP contribution in [0.3, 0.4) is 0 Å². The molecule has 0 bridgehead atoms. The molecule has 3 rings (SSSR count). The van der Waals surface area contributed by atoms with Crippen LogP contribution in [-0.4, -0.2) is 32.8 Å². The molecule has 0 radical (unpaired) electrons. The summed E-state index contributed by atoms with van der Waals surface area (Å²) in [6.45, 7) is 0.992. The molecule has 27 heavy (non-hydrogen) atoms. The van der Waals surface area contributed by atoms with E-state index in [1.807, 2.05) is 42.5 Å². The highest BCUT2D eigenvalue weighted by molar-refractivity contribution is 6.42. The number of likely N-dealkylation sites (N-methyl/N-ethyl adjacent to an activating group) is 1. The molecule has 0 atom stereocenters. The van der Waals surface area contributed by atoms with Crippen LogP contribution in [0.4, 0.5) is 0 Å². The van der Waals surface area contributed by atoms with Gasteiger partial charge in [0.05, 0.1) is 22.8 Å². The van der Waals surface area contributed by atoms with Crippen LogP contribution in [0.2, 0.25) is 10.0 Å². The highest BCUT2D eigenvalue weighted by Crippen LogP contribution is 2.26. The lowest BCUT2D eigenvalue weighted by molar-refractivity contribution is -0.125. The molecule has 138 valence electrons. The average Bonchev–Trinajstić information content (AvgIpc) is 3.11. The van der Waals surface area contributed by atoms with Crippen LogP contribution in [0.15, 0.2) is 60.8 Å². The maximum Gasteiger partial charge on any atom is 0.246 e. The lowest BCUT2D eigenvalue weighted by Crippen LogP contribution is -2.24. The van der Waals surface area contributed by atoms with Crippen LogP contribution >= 0.6 is 23.2 Å². The van der Waals surface area contributed by atoms with E-state index in [1.54, 1.807) is 35.0 Å². The lowest BCUT2D eigenvalue weighted by atomic mass is 10.2. The Kier molecular flexibility index (Phi) is 6.27. The molecule has 1 amide bonds. The van der Waals surface area contributed by atoms with Crippen molar-refractivity contribution in [1.29, 1.82) is 0 Å². The molecule has 0 saturated heterocycles. The third-order valence-corrected chi connectivity index (χ3v) is 4.81. The van der Waals surface area contributed by atoms with Crippen molar-refractivity contribution >= 4 is 35.2 Å². The van der Waals surface area contributed by atoms with Gasteiger partial charge in [-0.1, -0.05) is 70.9 Å². The van der Waals surface area contributed by atoms with E-state index in [-0.39, 0.29) is 5.91 Å². The molecule has 1 heterocycles. The molecule has 0 aliphatic rings. The summed E-state index contributed by atoms with van der Waals surface area (Å²) in [6.07, 6.45) is 4.91. The van der Waals surface area contributed by atoms with E-state index in [9.17, 15) is 4.79 Å². The third-order valence-electron chi connectivity index (χ3n) is 3.96. The van der Waals surface area contributed by atoms with Gasteiger partial charge in [0.15, 0.2) is 0 Å². The van der Waals surface area contributed by atoms with Crippen molar-refractivity contribution < 1.29 is 4.79 Å². The van der Waals surface area contributed by atoms with Crippen LogP contribution in [-0.2, 0) is 17.9 Å². The second kappa shape index (κ2) is 8.84. The summed E-state index contributed by atoms with van der Waals surface area (Å²) < 4.78 is 1.73. The lowest BCUT2D eigenvalue weighted by Gasteiger charge is -2.16. The van der Waals surface area contributed by atoms with E-state index in [1.165, 1.54) is 6.08 Å². The molecule has 0 spiro atoms. The van der Waals surface area contributed by atoms with Gasteiger partial charge in [-0.3, -0.25) is 4.79 Å². The van der Waals surface area contributed by atoms with Gasteiger partial charge in [-0.25, -0.2) is 4.68 Å². The summed E-state index contributed by atoms with van der Waals surface area (Å²) in [5.74, 6) is -0.163. The summed E-state index contributed by atoms with van der Waals surface area (Å²) in [5.41, 5.74) is 2.54. The van der Waals surface area contributed by atoms with Crippen molar-refractivity contribution in [3.63, 3.8) is 0 Å². The predicted molar refractivity (Wildman–Crippen MR) is 108 cm³/mol. The van der Waals surface area contributed by atoms with Crippen molar-refractivity contribution in [2.75, 3.05) is 7.05 Å². The van der Waals surface area contributed by atoms with Gasteiger partial charge in [-0.2, -0.15) is 0 Å². The molecular formula is C20H18Cl2N4O. The molecule has 0 saturated carbocycles. The Labute approximate surface area is 167 Å². The zero-order valence-corrected chi connectivity index (χ0v) is 16.2. The molecular weight excluding hydrogens is 383 g/mol. The monoisotopic (exact) mass is 400 g/mol.